The molecule has 0 bridgehead atoms. The Hall–Kier alpha value is -0.0800. The van der Waals surface area contributed by atoms with Gasteiger partial charge in [0.1, 0.15) is 0 Å². The number of hydrogen-bond acceptors (Lipinski definition) is 2. The molecule has 1 atom stereocenters. The van der Waals surface area contributed by atoms with Crippen molar-refractivity contribution in [1.82, 2.24) is 5.32 Å². The molecule has 1 aliphatic rings. The minimum absolute atomic E-state index is 0.621. The van der Waals surface area contributed by atoms with Crippen molar-refractivity contribution in [2.45, 2.75) is 78.6 Å². The van der Waals surface area contributed by atoms with Crippen LogP contribution in [0.15, 0.2) is 0 Å². The van der Waals surface area contributed by atoms with E-state index in [0.717, 1.165) is 18.4 Å². The summed E-state index contributed by atoms with van der Waals surface area (Å²) in [5.74, 6) is 1.68. The first kappa shape index (κ1) is 18.0. The van der Waals surface area contributed by atoms with Crippen molar-refractivity contribution >= 4 is 0 Å². The van der Waals surface area contributed by atoms with Gasteiger partial charge in [0, 0.05) is 6.54 Å². The van der Waals surface area contributed by atoms with Crippen molar-refractivity contribution in [3.8, 4) is 0 Å². The third-order valence-electron chi connectivity index (χ3n) is 5.12. The normalized spacial score (nSPS) is 19.6. The van der Waals surface area contributed by atoms with Crippen LogP contribution in [-0.2, 0) is 0 Å². The van der Waals surface area contributed by atoms with Crippen molar-refractivity contribution in [1.29, 1.82) is 0 Å². The zero-order valence-corrected chi connectivity index (χ0v) is 14.2. The summed E-state index contributed by atoms with van der Waals surface area (Å²) in [6.07, 6.45) is 12.3. The highest BCUT2D eigenvalue weighted by molar-refractivity contribution is 4.87. The average molecular weight is 283 g/mol. The van der Waals surface area contributed by atoms with Crippen LogP contribution in [-0.4, -0.2) is 19.6 Å². The first-order valence-corrected chi connectivity index (χ1v) is 9.02. The SMILES string of the molecule is CCC(CCN)CCCNCC1(CC(C)C)CCCC1. The van der Waals surface area contributed by atoms with Crippen molar-refractivity contribution in [3.63, 3.8) is 0 Å². The molecule has 2 nitrogen and oxygen atoms in total. The Kier molecular flexibility index (Phi) is 8.79. The van der Waals surface area contributed by atoms with Gasteiger partial charge in [-0.1, -0.05) is 40.0 Å². The van der Waals surface area contributed by atoms with E-state index >= 15 is 0 Å². The van der Waals surface area contributed by atoms with Crippen molar-refractivity contribution in [2.75, 3.05) is 19.6 Å². The fourth-order valence-electron chi connectivity index (χ4n) is 4.10. The first-order valence-electron chi connectivity index (χ1n) is 9.02. The monoisotopic (exact) mass is 282 g/mol. The Labute approximate surface area is 127 Å². The maximum Gasteiger partial charge on any atom is 0.000790 e. The van der Waals surface area contributed by atoms with E-state index in [1.807, 2.05) is 0 Å². The molecule has 1 aliphatic carbocycles. The molecule has 3 N–H and O–H groups in total. The summed E-state index contributed by atoms with van der Waals surface area (Å²) < 4.78 is 0. The molecule has 0 aromatic heterocycles. The predicted molar refractivity (Wildman–Crippen MR) is 89.9 cm³/mol. The Morgan fingerprint density at radius 2 is 1.85 bits per heavy atom. The molecular formula is C18H38N2. The highest BCUT2D eigenvalue weighted by Gasteiger charge is 2.33. The maximum absolute atomic E-state index is 5.67. The van der Waals surface area contributed by atoms with Gasteiger partial charge in [0.05, 0.1) is 0 Å². The Bertz CT molecular complexity index is 232. The quantitative estimate of drug-likeness (QED) is 0.553. The van der Waals surface area contributed by atoms with E-state index in [9.17, 15) is 0 Å². The van der Waals surface area contributed by atoms with Crippen LogP contribution in [0.1, 0.15) is 78.6 Å². The minimum Gasteiger partial charge on any atom is -0.330 e. The molecule has 120 valence electrons. The average Bonchev–Trinajstić information content (AvgIpc) is 2.85. The fourth-order valence-corrected chi connectivity index (χ4v) is 4.10. The molecule has 20 heavy (non-hydrogen) atoms. The van der Waals surface area contributed by atoms with Gasteiger partial charge in [-0.2, -0.15) is 0 Å². The molecule has 1 saturated carbocycles. The largest absolute Gasteiger partial charge is 0.330 e. The number of nitrogens with one attached hydrogen (secondary N) is 1. The molecule has 0 aromatic rings. The standard InChI is InChI=1S/C18H38N2/c1-4-17(9-12-19)8-7-13-20-15-18(14-16(2)3)10-5-6-11-18/h16-17,20H,4-15,19H2,1-3H3. The summed E-state index contributed by atoms with van der Waals surface area (Å²) in [7, 11) is 0. The van der Waals surface area contributed by atoms with Crippen LogP contribution in [0.2, 0.25) is 0 Å². The Morgan fingerprint density at radius 1 is 1.15 bits per heavy atom. The molecule has 0 saturated heterocycles. The van der Waals surface area contributed by atoms with E-state index in [1.165, 1.54) is 70.9 Å². The molecule has 0 heterocycles. The van der Waals surface area contributed by atoms with Crippen molar-refractivity contribution < 1.29 is 0 Å². The van der Waals surface area contributed by atoms with Crippen molar-refractivity contribution in [2.24, 2.45) is 23.0 Å². The zero-order valence-electron chi connectivity index (χ0n) is 14.2. The van der Waals surface area contributed by atoms with Gasteiger partial charge in [-0.05, 0) is 68.9 Å². The van der Waals surface area contributed by atoms with E-state index in [0.29, 0.717) is 5.41 Å². The lowest BCUT2D eigenvalue weighted by molar-refractivity contribution is 0.223. The van der Waals surface area contributed by atoms with Gasteiger partial charge in [-0.15, -0.1) is 0 Å². The molecule has 0 aliphatic heterocycles. The molecule has 1 unspecified atom stereocenters. The van der Waals surface area contributed by atoms with Gasteiger partial charge in [0.2, 0.25) is 0 Å². The number of rotatable bonds is 11. The second-order valence-electron chi connectivity index (χ2n) is 7.48. The van der Waals surface area contributed by atoms with Crippen LogP contribution in [0.4, 0.5) is 0 Å². The third-order valence-corrected chi connectivity index (χ3v) is 5.12. The van der Waals surface area contributed by atoms with Crippen LogP contribution < -0.4 is 11.1 Å². The number of hydrogen-bond donors (Lipinski definition) is 2. The first-order chi connectivity index (χ1) is 9.62. The van der Waals surface area contributed by atoms with E-state index < -0.39 is 0 Å². The van der Waals surface area contributed by atoms with Gasteiger partial charge >= 0.3 is 0 Å². The molecule has 1 fully saturated rings. The molecule has 0 radical (unpaired) electrons. The van der Waals surface area contributed by atoms with Gasteiger partial charge in [-0.25, -0.2) is 0 Å². The molecule has 0 aromatic carbocycles. The highest BCUT2D eigenvalue weighted by atomic mass is 14.9. The molecule has 0 amide bonds. The fraction of sp³-hybridized carbons (Fsp3) is 1.00. The molecule has 2 heteroatoms. The minimum atomic E-state index is 0.621. The third kappa shape index (κ3) is 6.58. The van der Waals surface area contributed by atoms with E-state index in [4.69, 9.17) is 5.73 Å². The van der Waals surface area contributed by atoms with E-state index in [2.05, 4.69) is 26.1 Å². The second-order valence-corrected chi connectivity index (χ2v) is 7.48. The van der Waals surface area contributed by atoms with Gasteiger partial charge in [0.15, 0.2) is 0 Å². The molecule has 1 rings (SSSR count). The van der Waals surface area contributed by atoms with Crippen LogP contribution in [0.3, 0.4) is 0 Å². The van der Waals surface area contributed by atoms with E-state index in [-0.39, 0.29) is 0 Å². The summed E-state index contributed by atoms with van der Waals surface area (Å²) in [4.78, 5) is 0. The van der Waals surface area contributed by atoms with Crippen LogP contribution >= 0.6 is 0 Å². The van der Waals surface area contributed by atoms with Gasteiger partial charge < -0.3 is 11.1 Å². The highest BCUT2D eigenvalue weighted by Crippen LogP contribution is 2.42. The summed E-state index contributed by atoms with van der Waals surface area (Å²) in [6, 6.07) is 0. The predicted octanol–water partition coefficient (Wildman–Crippen LogP) is 4.34. The molecular weight excluding hydrogens is 244 g/mol. The van der Waals surface area contributed by atoms with Crippen LogP contribution in [0, 0.1) is 17.3 Å². The lowest BCUT2D eigenvalue weighted by Gasteiger charge is -2.31. The smallest absolute Gasteiger partial charge is 0.000790 e. The Morgan fingerprint density at radius 3 is 2.40 bits per heavy atom. The van der Waals surface area contributed by atoms with Crippen LogP contribution in [0.25, 0.3) is 0 Å². The molecule has 0 spiro atoms. The number of nitrogens with two attached hydrogens (primary N) is 1. The topological polar surface area (TPSA) is 38.0 Å². The summed E-state index contributed by atoms with van der Waals surface area (Å²) in [6.45, 7) is 10.3. The Balaban J connectivity index is 2.18. The van der Waals surface area contributed by atoms with Gasteiger partial charge in [0.25, 0.3) is 0 Å². The van der Waals surface area contributed by atoms with Crippen LogP contribution in [0.5, 0.6) is 0 Å². The van der Waals surface area contributed by atoms with E-state index in [1.54, 1.807) is 0 Å². The second kappa shape index (κ2) is 9.78. The zero-order chi connectivity index (χ0) is 14.8. The summed E-state index contributed by atoms with van der Waals surface area (Å²) in [5.41, 5.74) is 6.29. The summed E-state index contributed by atoms with van der Waals surface area (Å²) in [5, 5.41) is 3.76. The lowest BCUT2D eigenvalue weighted by Crippen LogP contribution is -2.34. The van der Waals surface area contributed by atoms with Gasteiger partial charge in [-0.3, -0.25) is 0 Å². The lowest BCUT2D eigenvalue weighted by atomic mass is 9.78. The summed E-state index contributed by atoms with van der Waals surface area (Å²) >= 11 is 0. The maximum atomic E-state index is 5.67. The van der Waals surface area contributed by atoms with Crippen molar-refractivity contribution in [3.05, 3.63) is 0 Å².